The molecule has 2 saturated carbocycles. The maximum atomic E-state index is 8.87. The minimum Gasteiger partial charge on any atom is -0.392 e. The number of aliphatic hydroxyl groups is 1. The first-order valence-corrected chi connectivity index (χ1v) is 8.01. The predicted octanol–water partition coefficient (Wildman–Crippen LogP) is 2.36. The van der Waals surface area contributed by atoms with Crippen LogP contribution >= 0.6 is 12.4 Å². The number of rotatable bonds is 3. The van der Waals surface area contributed by atoms with E-state index in [9.17, 15) is 0 Å². The van der Waals surface area contributed by atoms with Crippen molar-refractivity contribution in [2.24, 2.45) is 11.5 Å². The maximum Gasteiger partial charge on any atom is 0.0730 e. The average Bonchev–Trinajstić information content (AvgIpc) is 3.08. The molecule has 2 aliphatic carbocycles. The van der Waals surface area contributed by atoms with Crippen LogP contribution in [0.1, 0.15) is 44.1 Å². The van der Waals surface area contributed by atoms with E-state index in [4.69, 9.17) is 21.3 Å². The van der Waals surface area contributed by atoms with Crippen molar-refractivity contribution in [1.82, 2.24) is 0 Å². The molecule has 0 heterocycles. The van der Waals surface area contributed by atoms with Crippen molar-refractivity contribution in [2.45, 2.75) is 69.4 Å². The Morgan fingerprint density at radius 3 is 2.05 bits per heavy atom. The fraction of sp³-hybridized carbons (Fsp3) is 0.647. The van der Waals surface area contributed by atoms with Crippen molar-refractivity contribution in [3.05, 3.63) is 35.9 Å². The summed E-state index contributed by atoms with van der Waals surface area (Å²) in [5.74, 6) is 0. The zero-order valence-electron chi connectivity index (χ0n) is 13.1. The monoisotopic (exact) mass is 328 g/mol. The zero-order valence-corrected chi connectivity index (χ0v) is 13.9. The molecule has 1 aromatic rings. The number of hydrogen-bond donors (Lipinski definition) is 3. The molecule has 0 unspecified atom stereocenters. The van der Waals surface area contributed by atoms with Gasteiger partial charge in [0.25, 0.3) is 0 Å². The minimum absolute atomic E-state index is 0. The van der Waals surface area contributed by atoms with Crippen molar-refractivity contribution >= 4 is 12.4 Å². The molecule has 4 nitrogen and oxygen atoms in total. The molecule has 4 atom stereocenters. The van der Waals surface area contributed by atoms with Gasteiger partial charge >= 0.3 is 0 Å². The zero-order chi connectivity index (χ0) is 15.1. The van der Waals surface area contributed by atoms with Gasteiger partial charge in [-0.25, -0.2) is 0 Å². The first kappa shape index (κ1) is 19.4. The lowest BCUT2D eigenvalue weighted by atomic mass is 10.2. The molecule has 126 valence electrons. The van der Waals surface area contributed by atoms with Gasteiger partial charge < -0.3 is 21.3 Å². The van der Waals surface area contributed by atoms with Crippen molar-refractivity contribution in [2.75, 3.05) is 0 Å². The molecule has 2 aliphatic rings. The Bertz CT molecular complexity index is 397. The van der Waals surface area contributed by atoms with Crippen LogP contribution in [0.25, 0.3) is 0 Å². The normalized spacial score (nSPS) is 30.3. The molecular weight excluding hydrogens is 300 g/mol. The molecule has 3 rings (SSSR count). The van der Waals surface area contributed by atoms with Crippen LogP contribution in [0, 0.1) is 0 Å². The van der Waals surface area contributed by atoms with Crippen LogP contribution < -0.4 is 11.5 Å². The summed E-state index contributed by atoms with van der Waals surface area (Å²) in [6.07, 6.45) is 6.51. The van der Waals surface area contributed by atoms with Crippen molar-refractivity contribution in [3.63, 3.8) is 0 Å². The average molecular weight is 329 g/mol. The highest BCUT2D eigenvalue weighted by Crippen LogP contribution is 2.21. The number of aliphatic hydroxyl groups excluding tert-OH is 1. The third-order valence-electron chi connectivity index (χ3n) is 4.34. The predicted molar refractivity (Wildman–Crippen MR) is 91.9 cm³/mol. The Labute approximate surface area is 139 Å². The smallest absolute Gasteiger partial charge is 0.0730 e. The highest BCUT2D eigenvalue weighted by molar-refractivity contribution is 5.85. The lowest BCUT2D eigenvalue weighted by molar-refractivity contribution is 0.0357. The number of benzene rings is 1. The second-order valence-corrected chi connectivity index (χ2v) is 6.09. The maximum absolute atomic E-state index is 8.87. The van der Waals surface area contributed by atoms with E-state index in [1.54, 1.807) is 0 Å². The first-order valence-electron chi connectivity index (χ1n) is 8.01. The molecule has 22 heavy (non-hydrogen) atoms. The summed E-state index contributed by atoms with van der Waals surface area (Å²) < 4.78 is 5.78. The van der Waals surface area contributed by atoms with E-state index in [1.807, 2.05) is 18.2 Å². The Morgan fingerprint density at radius 1 is 0.955 bits per heavy atom. The SMILES string of the molecule is Cl.N[C@H]1CCC[C@@H]1O.N[C@H]1CCC[C@@H]1OCc1ccccc1. The third-order valence-corrected chi connectivity index (χ3v) is 4.34. The van der Waals surface area contributed by atoms with E-state index >= 15 is 0 Å². The molecule has 0 saturated heterocycles. The number of hydrogen-bond acceptors (Lipinski definition) is 4. The summed E-state index contributed by atoms with van der Waals surface area (Å²) in [4.78, 5) is 0. The van der Waals surface area contributed by atoms with Crippen molar-refractivity contribution in [3.8, 4) is 0 Å². The first-order chi connectivity index (χ1) is 10.2. The number of ether oxygens (including phenoxy) is 1. The molecule has 0 amide bonds. The summed E-state index contributed by atoms with van der Waals surface area (Å²) in [5.41, 5.74) is 12.6. The summed E-state index contributed by atoms with van der Waals surface area (Å²) in [7, 11) is 0. The van der Waals surface area contributed by atoms with Crippen LogP contribution in [0.4, 0.5) is 0 Å². The molecule has 0 spiro atoms. The van der Waals surface area contributed by atoms with E-state index in [0.717, 1.165) is 32.1 Å². The Balaban J connectivity index is 0.000000258. The molecule has 0 aromatic heterocycles. The van der Waals surface area contributed by atoms with Crippen LogP contribution in [0.15, 0.2) is 30.3 Å². The summed E-state index contributed by atoms with van der Waals surface area (Å²) in [5, 5.41) is 8.87. The summed E-state index contributed by atoms with van der Waals surface area (Å²) in [6.45, 7) is 0.694. The summed E-state index contributed by atoms with van der Waals surface area (Å²) in [6, 6.07) is 10.6. The quantitative estimate of drug-likeness (QED) is 0.795. The highest BCUT2D eigenvalue weighted by atomic mass is 35.5. The summed E-state index contributed by atoms with van der Waals surface area (Å²) >= 11 is 0. The fourth-order valence-electron chi connectivity index (χ4n) is 2.91. The lowest BCUT2D eigenvalue weighted by Gasteiger charge is -2.16. The molecular formula is C17H29ClN2O2. The highest BCUT2D eigenvalue weighted by Gasteiger charge is 2.24. The van der Waals surface area contributed by atoms with Gasteiger partial charge in [0, 0.05) is 12.1 Å². The van der Waals surface area contributed by atoms with Crippen molar-refractivity contribution in [1.29, 1.82) is 0 Å². The largest absolute Gasteiger partial charge is 0.392 e. The Kier molecular flexibility index (Phi) is 8.98. The van der Waals surface area contributed by atoms with Crippen molar-refractivity contribution < 1.29 is 9.84 Å². The van der Waals surface area contributed by atoms with Crippen LogP contribution in [0.3, 0.4) is 0 Å². The molecule has 0 bridgehead atoms. The van der Waals surface area contributed by atoms with E-state index in [0.29, 0.717) is 6.61 Å². The topological polar surface area (TPSA) is 81.5 Å². The number of nitrogens with two attached hydrogens (primary N) is 2. The number of halogens is 1. The van der Waals surface area contributed by atoms with Crippen LogP contribution in [-0.4, -0.2) is 29.4 Å². The van der Waals surface area contributed by atoms with E-state index in [1.165, 1.54) is 12.0 Å². The minimum atomic E-state index is -0.208. The van der Waals surface area contributed by atoms with Crippen LogP contribution in [-0.2, 0) is 11.3 Å². The van der Waals surface area contributed by atoms with Gasteiger partial charge in [-0.2, -0.15) is 0 Å². The fourth-order valence-corrected chi connectivity index (χ4v) is 2.91. The van der Waals surface area contributed by atoms with Gasteiger partial charge in [0.2, 0.25) is 0 Å². The van der Waals surface area contributed by atoms with Gasteiger partial charge in [-0.15, -0.1) is 12.4 Å². The van der Waals surface area contributed by atoms with Gasteiger partial charge in [0.05, 0.1) is 18.8 Å². The Hall–Kier alpha value is -0.650. The molecule has 1 aromatic carbocycles. The van der Waals surface area contributed by atoms with Gasteiger partial charge in [0.15, 0.2) is 0 Å². The molecule has 2 fully saturated rings. The third kappa shape index (κ3) is 6.23. The van der Waals surface area contributed by atoms with E-state index in [-0.39, 0.29) is 36.7 Å². The lowest BCUT2D eigenvalue weighted by Crippen LogP contribution is -2.31. The van der Waals surface area contributed by atoms with Gasteiger partial charge in [0.1, 0.15) is 0 Å². The molecule has 0 radical (unpaired) electrons. The van der Waals surface area contributed by atoms with E-state index in [2.05, 4.69) is 12.1 Å². The van der Waals surface area contributed by atoms with Crippen LogP contribution in [0.5, 0.6) is 0 Å². The standard InChI is InChI=1S/C12H17NO.C5H11NO.ClH/c13-11-7-4-8-12(11)14-9-10-5-2-1-3-6-10;6-4-2-1-3-5(4)7;/h1-3,5-6,11-12H,4,7-9,13H2;4-5,7H,1-3,6H2;1H/t11-,12-;4-,5-;/m00./s1. The molecule has 5 heteroatoms. The molecule has 0 aliphatic heterocycles. The van der Waals surface area contributed by atoms with Gasteiger partial charge in [-0.1, -0.05) is 30.3 Å². The van der Waals surface area contributed by atoms with Crippen LogP contribution in [0.2, 0.25) is 0 Å². The Morgan fingerprint density at radius 2 is 1.59 bits per heavy atom. The van der Waals surface area contributed by atoms with E-state index < -0.39 is 0 Å². The van der Waals surface area contributed by atoms with Gasteiger partial charge in [-0.05, 0) is 44.1 Å². The van der Waals surface area contributed by atoms with Gasteiger partial charge in [-0.3, -0.25) is 0 Å². The molecule has 5 N–H and O–H groups in total. The second kappa shape index (κ2) is 10.2. The second-order valence-electron chi connectivity index (χ2n) is 6.09.